The third kappa shape index (κ3) is 1.39. The van der Waals surface area contributed by atoms with Crippen LogP contribution in [0.4, 0.5) is 0 Å². The summed E-state index contributed by atoms with van der Waals surface area (Å²) in [5.74, 6) is 1.31. The molecule has 0 fully saturated rings. The Morgan fingerprint density at radius 1 is 1.67 bits per heavy atom. The minimum absolute atomic E-state index is 0.147. The molecule has 0 saturated heterocycles. The third-order valence-corrected chi connectivity index (χ3v) is 2.38. The van der Waals surface area contributed by atoms with Gasteiger partial charge in [0, 0.05) is 11.8 Å². The molecular weight excluding hydrogens is 174 g/mol. The molecule has 2 nitrogen and oxygen atoms in total. The van der Waals surface area contributed by atoms with Crippen LogP contribution >= 0.6 is 11.6 Å². The van der Waals surface area contributed by atoms with Crippen LogP contribution in [0.3, 0.4) is 0 Å². The second-order valence-corrected chi connectivity index (χ2v) is 3.21. The second-order valence-electron chi connectivity index (χ2n) is 2.90. The molecule has 0 amide bonds. The van der Waals surface area contributed by atoms with E-state index in [2.05, 4.69) is 4.98 Å². The molecule has 0 spiro atoms. The van der Waals surface area contributed by atoms with Gasteiger partial charge in [0.1, 0.15) is 6.10 Å². The van der Waals surface area contributed by atoms with Crippen LogP contribution < -0.4 is 4.74 Å². The fourth-order valence-electron chi connectivity index (χ4n) is 1.36. The Balaban J connectivity index is 2.23. The topological polar surface area (TPSA) is 22.1 Å². The van der Waals surface area contributed by atoms with Crippen molar-refractivity contribution >= 4 is 11.6 Å². The van der Waals surface area contributed by atoms with E-state index >= 15 is 0 Å². The maximum atomic E-state index is 5.69. The molecule has 0 radical (unpaired) electrons. The van der Waals surface area contributed by atoms with Gasteiger partial charge in [0.05, 0.1) is 5.88 Å². The Morgan fingerprint density at radius 2 is 2.58 bits per heavy atom. The van der Waals surface area contributed by atoms with Gasteiger partial charge in [0.25, 0.3) is 0 Å². The van der Waals surface area contributed by atoms with Crippen LogP contribution in [0.1, 0.15) is 12.0 Å². The monoisotopic (exact) mass is 183 g/mol. The van der Waals surface area contributed by atoms with Crippen molar-refractivity contribution in [1.29, 1.82) is 0 Å². The van der Waals surface area contributed by atoms with E-state index in [0.717, 1.165) is 18.7 Å². The normalized spacial score (nSPS) is 21.2. The van der Waals surface area contributed by atoms with Gasteiger partial charge >= 0.3 is 0 Å². The van der Waals surface area contributed by atoms with Crippen molar-refractivity contribution in [2.24, 2.45) is 0 Å². The summed E-state index contributed by atoms with van der Waals surface area (Å²) in [6, 6.07) is 3.98. The summed E-state index contributed by atoms with van der Waals surface area (Å²) in [7, 11) is 0. The van der Waals surface area contributed by atoms with Crippen LogP contribution in [0.25, 0.3) is 0 Å². The molecule has 2 heterocycles. The first-order valence-electron chi connectivity index (χ1n) is 4.06. The zero-order valence-corrected chi connectivity index (χ0v) is 7.42. The third-order valence-electron chi connectivity index (χ3n) is 2.04. The first kappa shape index (κ1) is 7.87. The largest absolute Gasteiger partial charge is 0.473 e. The van der Waals surface area contributed by atoms with Crippen molar-refractivity contribution in [2.45, 2.75) is 18.9 Å². The van der Waals surface area contributed by atoms with Crippen molar-refractivity contribution in [2.75, 3.05) is 5.88 Å². The predicted octanol–water partition coefficient (Wildman–Crippen LogP) is 2.01. The number of hydrogen-bond donors (Lipinski definition) is 0. The highest BCUT2D eigenvalue weighted by molar-refractivity contribution is 6.18. The van der Waals surface area contributed by atoms with Crippen molar-refractivity contribution in [3.05, 3.63) is 23.9 Å². The summed E-state index contributed by atoms with van der Waals surface area (Å²) < 4.78 is 5.54. The van der Waals surface area contributed by atoms with Gasteiger partial charge in [-0.25, -0.2) is 4.98 Å². The smallest absolute Gasteiger partial charge is 0.216 e. The van der Waals surface area contributed by atoms with Crippen LogP contribution in [-0.4, -0.2) is 17.0 Å². The predicted molar refractivity (Wildman–Crippen MR) is 47.7 cm³/mol. The fourth-order valence-corrected chi connectivity index (χ4v) is 1.58. The van der Waals surface area contributed by atoms with E-state index in [0.29, 0.717) is 5.88 Å². The number of rotatable bonds is 1. The van der Waals surface area contributed by atoms with Gasteiger partial charge in [-0.2, -0.15) is 0 Å². The average molecular weight is 184 g/mol. The highest BCUT2D eigenvalue weighted by Crippen LogP contribution is 2.24. The lowest BCUT2D eigenvalue weighted by Gasteiger charge is -2.22. The highest BCUT2D eigenvalue weighted by atomic mass is 35.5. The summed E-state index contributed by atoms with van der Waals surface area (Å²) in [5, 5.41) is 0. The summed E-state index contributed by atoms with van der Waals surface area (Å²) in [6.07, 6.45) is 3.92. The Labute approximate surface area is 76.5 Å². The number of aromatic nitrogens is 1. The molecule has 1 unspecified atom stereocenters. The van der Waals surface area contributed by atoms with Crippen LogP contribution in [0.15, 0.2) is 18.3 Å². The molecular formula is C9H10ClNO. The van der Waals surface area contributed by atoms with E-state index in [1.54, 1.807) is 6.20 Å². The van der Waals surface area contributed by atoms with Crippen molar-refractivity contribution in [3.63, 3.8) is 0 Å². The molecule has 1 aromatic heterocycles. The molecule has 0 saturated carbocycles. The number of aryl methyl sites for hydroxylation is 1. The van der Waals surface area contributed by atoms with Gasteiger partial charge in [-0.15, -0.1) is 11.6 Å². The second kappa shape index (κ2) is 3.31. The van der Waals surface area contributed by atoms with Gasteiger partial charge in [-0.1, -0.05) is 6.07 Å². The Hall–Kier alpha value is -0.760. The summed E-state index contributed by atoms with van der Waals surface area (Å²) in [4.78, 5) is 4.14. The maximum absolute atomic E-state index is 5.69. The minimum atomic E-state index is 0.147. The van der Waals surface area contributed by atoms with Crippen LogP contribution in [0.5, 0.6) is 5.88 Å². The zero-order valence-electron chi connectivity index (χ0n) is 6.66. The first-order valence-corrected chi connectivity index (χ1v) is 4.60. The number of pyridine rings is 1. The number of nitrogens with zero attached hydrogens (tertiary/aromatic N) is 1. The molecule has 0 N–H and O–H groups in total. The molecule has 0 aliphatic carbocycles. The lowest BCUT2D eigenvalue weighted by atomic mass is 10.1. The molecule has 0 aromatic carbocycles. The van der Waals surface area contributed by atoms with E-state index in [1.807, 2.05) is 12.1 Å². The molecule has 1 aliphatic rings. The van der Waals surface area contributed by atoms with Crippen LogP contribution in [0, 0.1) is 0 Å². The summed E-state index contributed by atoms with van der Waals surface area (Å²) in [5.41, 5.74) is 1.19. The number of alkyl halides is 1. The van der Waals surface area contributed by atoms with E-state index < -0.39 is 0 Å². The van der Waals surface area contributed by atoms with Crippen molar-refractivity contribution < 1.29 is 4.74 Å². The van der Waals surface area contributed by atoms with Gasteiger partial charge in [-0.3, -0.25) is 0 Å². The van der Waals surface area contributed by atoms with E-state index in [9.17, 15) is 0 Å². The van der Waals surface area contributed by atoms with Gasteiger partial charge in [0.15, 0.2) is 0 Å². The fraction of sp³-hybridized carbons (Fsp3) is 0.444. The van der Waals surface area contributed by atoms with Crippen LogP contribution in [-0.2, 0) is 6.42 Å². The Kier molecular flexibility index (Phi) is 2.17. The van der Waals surface area contributed by atoms with E-state index in [4.69, 9.17) is 16.3 Å². The van der Waals surface area contributed by atoms with Crippen molar-refractivity contribution in [1.82, 2.24) is 4.98 Å². The average Bonchev–Trinajstić information content (AvgIpc) is 2.17. The molecule has 1 aliphatic heterocycles. The number of fused-ring (bicyclic) bond motifs is 1. The van der Waals surface area contributed by atoms with Gasteiger partial charge in [-0.05, 0) is 18.9 Å². The van der Waals surface area contributed by atoms with Gasteiger partial charge < -0.3 is 4.74 Å². The van der Waals surface area contributed by atoms with Gasteiger partial charge in [0.2, 0.25) is 5.88 Å². The summed E-state index contributed by atoms with van der Waals surface area (Å²) in [6.45, 7) is 0. The molecule has 1 aromatic rings. The lowest BCUT2D eigenvalue weighted by molar-refractivity contribution is 0.186. The molecule has 2 rings (SSSR count). The molecule has 1 atom stereocenters. The minimum Gasteiger partial charge on any atom is -0.473 e. The zero-order chi connectivity index (χ0) is 8.39. The Bertz CT molecular complexity index is 277. The maximum Gasteiger partial charge on any atom is 0.216 e. The number of ether oxygens (including phenoxy) is 1. The molecule has 64 valence electrons. The van der Waals surface area contributed by atoms with E-state index in [-0.39, 0.29) is 6.10 Å². The molecule has 12 heavy (non-hydrogen) atoms. The Morgan fingerprint density at radius 3 is 3.42 bits per heavy atom. The SMILES string of the molecule is ClCC1CCc2cccnc2O1. The summed E-state index contributed by atoms with van der Waals surface area (Å²) >= 11 is 5.69. The van der Waals surface area contributed by atoms with Crippen molar-refractivity contribution in [3.8, 4) is 5.88 Å². The first-order chi connectivity index (χ1) is 5.90. The van der Waals surface area contributed by atoms with E-state index in [1.165, 1.54) is 5.56 Å². The highest BCUT2D eigenvalue weighted by Gasteiger charge is 2.18. The molecule has 0 bridgehead atoms. The molecule has 3 heteroatoms. The number of halogens is 1. The standard InChI is InChI=1S/C9H10ClNO/c10-6-8-4-3-7-2-1-5-11-9(7)12-8/h1-2,5,8H,3-4,6H2. The number of hydrogen-bond acceptors (Lipinski definition) is 2. The quantitative estimate of drug-likeness (QED) is 0.622. The van der Waals surface area contributed by atoms with Crippen LogP contribution in [0.2, 0.25) is 0 Å². The lowest BCUT2D eigenvalue weighted by Crippen LogP contribution is -2.24.